The Kier molecular flexibility index (Phi) is 5.58. The van der Waals surface area contributed by atoms with Gasteiger partial charge >= 0.3 is 0 Å². The number of aromatic nitrogens is 1. The molecule has 1 aliphatic heterocycles. The molecule has 2 aliphatic rings. The normalized spacial score (nSPS) is 20.9. The third kappa shape index (κ3) is 3.39. The van der Waals surface area contributed by atoms with Gasteiger partial charge in [0.25, 0.3) is 0 Å². The first kappa shape index (κ1) is 20.9. The molecule has 1 aromatic carbocycles. The van der Waals surface area contributed by atoms with E-state index in [1.807, 2.05) is 35.4 Å². The average Bonchev–Trinajstić information content (AvgIpc) is 3.09. The molecule has 160 valence electrons. The van der Waals surface area contributed by atoms with Crippen molar-refractivity contribution in [3.8, 4) is 0 Å². The number of hydrogen-bond acceptors (Lipinski definition) is 3. The zero-order valence-electron chi connectivity index (χ0n) is 18.8. The third-order valence-corrected chi connectivity index (χ3v) is 6.63. The van der Waals surface area contributed by atoms with Crippen LogP contribution in [0, 0.1) is 11.8 Å². The monoisotopic (exact) mass is 407 g/mol. The molecule has 0 saturated heterocycles. The third-order valence-electron chi connectivity index (χ3n) is 6.63. The van der Waals surface area contributed by atoms with E-state index >= 15 is 0 Å². The number of rotatable bonds is 5. The van der Waals surface area contributed by atoms with Gasteiger partial charge in [-0.25, -0.2) is 0 Å². The van der Waals surface area contributed by atoms with E-state index < -0.39 is 0 Å². The van der Waals surface area contributed by atoms with E-state index in [-0.39, 0.29) is 23.8 Å². The van der Waals surface area contributed by atoms with Gasteiger partial charge in [0.1, 0.15) is 0 Å². The molecule has 2 aromatic rings. The molecule has 4 rings (SSSR count). The van der Waals surface area contributed by atoms with Crippen molar-refractivity contribution in [2.45, 2.75) is 46.6 Å². The number of likely N-dealkylation sites (N-methyl/N-ethyl adjacent to an activating group) is 1. The summed E-state index contributed by atoms with van der Waals surface area (Å²) in [7, 11) is 2.12. The molecular formula is C25H33N3O2. The van der Waals surface area contributed by atoms with Crippen molar-refractivity contribution in [1.82, 2.24) is 14.4 Å². The number of nitrogens with zero attached hydrogens (tertiary/aromatic N) is 3. The van der Waals surface area contributed by atoms with Gasteiger partial charge in [0.2, 0.25) is 11.8 Å². The smallest absolute Gasteiger partial charge is 0.231 e. The number of benzene rings is 1. The molecule has 0 saturated carbocycles. The van der Waals surface area contributed by atoms with Crippen molar-refractivity contribution in [1.29, 1.82) is 0 Å². The molecular weight excluding hydrogens is 374 g/mol. The van der Waals surface area contributed by atoms with Crippen LogP contribution in [0.2, 0.25) is 0 Å². The molecule has 2 heterocycles. The highest BCUT2D eigenvalue weighted by molar-refractivity contribution is 6.03. The fourth-order valence-electron chi connectivity index (χ4n) is 5.14. The maximum Gasteiger partial charge on any atom is 0.231 e. The highest BCUT2D eigenvalue weighted by atomic mass is 16.2. The van der Waals surface area contributed by atoms with Gasteiger partial charge in [0.05, 0.1) is 11.4 Å². The van der Waals surface area contributed by atoms with Crippen molar-refractivity contribution in [2.75, 3.05) is 26.7 Å². The van der Waals surface area contributed by atoms with Crippen LogP contribution in [0.1, 0.15) is 50.0 Å². The Labute approximate surface area is 179 Å². The number of amides is 1. The molecule has 1 aromatic heterocycles. The second-order valence-corrected chi connectivity index (χ2v) is 9.11. The van der Waals surface area contributed by atoms with Crippen molar-refractivity contribution in [2.24, 2.45) is 11.8 Å². The van der Waals surface area contributed by atoms with Crippen LogP contribution < -0.4 is 0 Å². The van der Waals surface area contributed by atoms with E-state index in [0.29, 0.717) is 12.3 Å². The summed E-state index contributed by atoms with van der Waals surface area (Å²) in [6.45, 7) is 10.4. The van der Waals surface area contributed by atoms with Crippen LogP contribution in [0.15, 0.2) is 30.5 Å². The summed E-state index contributed by atoms with van der Waals surface area (Å²) in [6.07, 6.45) is 5.68. The van der Waals surface area contributed by atoms with E-state index in [9.17, 15) is 9.59 Å². The summed E-state index contributed by atoms with van der Waals surface area (Å²) in [5.74, 6) is 0.568. The minimum absolute atomic E-state index is 0.123. The molecule has 0 spiro atoms. The predicted octanol–water partition coefficient (Wildman–Crippen LogP) is 4.07. The number of carbonyl (C=O) groups excluding carboxylic acids is 2. The van der Waals surface area contributed by atoms with Crippen LogP contribution in [0.5, 0.6) is 0 Å². The summed E-state index contributed by atoms with van der Waals surface area (Å²) in [5.41, 5.74) is 4.65. The Morgan fingerprint density at radius 2 is 1.93 bits per heavy atom. The van der Waals surface area contributed by atoms with E-state index in [0.717, 1.165) is 31.6 Å². The maximum atomic E-state index is 13.1. The lowest BCUT2D eigenvalue weighted by Gasteiger charge is -2.40. The van der Waals surface area contributed by atoms with Gasteiger partial charge in [0, 0.05) is 43.7 Å². The summed E-state index contributed by atoms with van der Waals surface area (Å²) in [6, 6.07) is 6.49. The molecule has 5 heteroatoms. The molecule has 1 amide bonds. The largest absolute Gasteiger partial charge is 0.343 e. The van der Waals surface area contributed by atoms with Gasteiger partial charge in [0.15, 0.2) is 0 Å². The van der Waals surface area contributed by atoms with Crippen molar-refractivity contribution >= 4 is 28.3 Å². The summed E-state index contributed by atoms with van der Waals surface area (Å²) < 4.78 is 1.85. The molecule has 5 nitrogen and oxygen atoms in total. The Morgan fingerprint density at radius 3 is 2.60 bits per heavy atom. The lowest BCUT2D eigenvalue weighted by Crippen LogP contribution is -2.47. The van der Waals surface area contributed by atoms with E-state index in [1.54, 1.807) is 0 Å². The van der Waals surface area contributed by atoms with Crippen LogP contribution in [0.3, 0.4) is 0 Å². The molecule has 0 N–H and O–H groups in total. The zero-order valence-corrected chi connectivity index (χ0v) is 18.8. The van der Waals surface area contributed by atoms with Crippen LogP contribution in [-0.2, 0) is 11.2 Å². The number of hydrogen-bond donors (Lipinski definition) is 0. The first-order valence-corrected chi connectivity index (χ1v) is 11.2. The number of carbonyl (C=O) groups is 2. The Hall–Kier alpha value is -2.40. The molecule has 1 aliphatic carbocycles. The maximum absolute atomic E-state index is 13.1. The van der Waals surface area contributed by atoms with Gasteiger partial charge in [-0.3, -0.25) is 19.1 Å². The Bertz CT molecular complexity index is 1010. The predicted molar refractivity (Wildman–Crippen MR) is 122 cm³/mol. The van der Waals surface area contributed by atoms with Crippen LogP contribution in [0.25, 0.3) is 16.5 Å². The minimum Gasteiger partial charge on any atom is -0.343 e. The van der Waals surface area contributed by atoms with Gasteiger partial charge < -0.3 is 4.90 Å². The molecule has 0 unspecified atom stereocenters. The fourth-order valence-corrected chi connectivity index (χ4v) is 5.14. The van der Waals surface area contributed by atoms with Crippen LogP contribution in [-0.4, -0.2) is 58.9 Å². The molecule has 30 heavy (non-hydrogen) atoms. The summed E-state index contributed by atoms with van der Waals surface area (Å²) >= 11 is 0. The van der Waals surface area contributed by atoms with Gasteiger partial charge in [-0.2, -0.15) is 0 Å². The summed E-state index contributed by atoms with van der Waals surface area (Å²) in [5, 5.41) is 1.18. The first-order valence-electron chi connectivity index (χ1n) is 11.2. The van der Waals surface area contributed by atoms with Crippen LogP contribution in [0.4, 0.5) is 0 Å². The summed E-state index contributed by atoms with van der Waals surface area (Å²) in [4.78, 5) is 30.2. The SMILES string of the molecule is CCN(CC)C(=O)[C@@H]1C=C2c3cccc4c3c(cn4C(=O)CC(C)C)C[C@H]2N(C)C1. The second-order valence-electron chi connectivity index (χ2n) is 9.11. The lowest BCUT2D eigenvalue weighted by atomic mass is 9.79. The standard InChI is InChI=1S/C25H33N3O2/c1-6-27(7-2)25(30)18-12-20-19-9-8-10-21-24(19)17(13-22(20)26(5)14-18)15-28(21)23(29)11-16(3)4/h8-10,12,15-16,18,22H,6-7,11,13-14H2,1-5H3/t18-,22-/m1/s1. The van der Waals surface area contributed by atoms with Gasteiger partial charge in [-0.05, 0) is 56.0 Å². The van der Waals surface area contributed by atoms with E-state index in [4.69, 9.17) is 0 Å². The first-order chi connectivity index (χ1) is 14.3. The van der Waals surface area contributed by atoms with Crippen molar-refractivity contribution in [3.63, 3.8) is 0 Å². The topological polar surface area (TPSA) is 45.6 Å². The number of fused-ring (bicyclic) bond motifs is 2. The fraction of sp³-hybridized carbons (Fsp3) is 0.520. The van der Waals surface area contributed by atoms with Crippen molar-refractivity contribution in [3.05, 3.63) is 41.6 Å². The highest BCUT2D eigenvalue weighted by Crippen LogP contribution is 2.42. The zero-order chi connectivity index (χ0) is 21.6. The van der Waals surface area contributed by atoms with Gasteiger partial charge in [-0.1, -0.05) is 32.1 Å². The molecule has 0 fully saturated rings. The molecule has 0 bridgehead atoms. The second kappa shape index (κ2) is 8.03. The van der Waals surface area contributed by atoms with Crippen molar-refractivity contribution < 1.29 is 9.59 Å². The average molecular weight is 408 g/mol. The lowest BCUT2D eigenvalue weighted by molar-refractivity contribution is -0.134. The van der Waals surface area contributed by atoms with Crippen LogP contribution >= 0.6 is 0 Å². The molecule has 2 atom stereocenters. The van der Waals surface area contributed by atoms with Gasteiger partial charge in [-0.15, -0.1) is 0 Å². The minimum atomic E-state index is -0.123. The Balaban J connectivity index is 1.80. The van der Waals surface area contributed by atoms with E-state index in [1.165, 1.54) is 22.1 Å². The quantitative estimate of drug-likeness (QED) is 0.751. The van der Waals surface area contributed by atoms with E-state index in [2.05, 4.69) is 44.1 Å². The molecule has 0 radical (unpaired) electrons. The Morgan fingerprint density at radius 1 is 1.20 bits per heavy atom. The highest BCUT2D eigenvalue weighted by Gasteiger charge is 2.37.